The van der Waals surface area contributed by atoms with Crippen LogP contribution >= 0.6 is 38.9 Å². The Morgan fingerprint density at radius 2 is 2.39 bits per heavy atom. The number of halogens is 3. The van der Waals surface area contributed by atoms with Crippen LogP contribution in [0.5, 0.6) is 0 Å². The van der Waals surface area contributed by atoms with Crippen molar-refractivity contribution in [1.82, 2.24) is 4.98 Å². The molecule has 0 saturated carbocycles. The van der Waals surface area contributed by atoms with Gasteiger partial charge >= 0.3 is 0 Å². The molecular formula is C11H9BrClFN2OS. The highest BCUT2D eigenvalue weighted by molar-refractivity contribution is 9.10. The second-order valence-electron chi connectivity index (χ2n) is 3.62. The van der Waals surface area contributed by atoms with Gasteiger partial charge in [-0.25, -0.2) is 9.37 Å². The highest BCUT2D eigenvalue weighted by atomic mass is 79.9. The molecule has 0 aliphatic rings. The Kier molecular flexibility index (Phi) is 4.19. The maximum atomic E-state index is 13.6. The summed E-state index contributed by atoms with van der Waals surface area (Å²) in [6.07, 6.45) is 0.664. The zero-order valence-electron chi connectivity index (χ0n) is 9.34. The van der Waals surface area contributed by atoms with Gasteiger partial charge in [0.25, 0.3) is 0 Å². The summed E-state index contributed by atoms with van der Waals surface area (Å²) in [5, 5.41) is 3.32. The molecule has 2 rings (SSSR count). The first kappa shape index (κ1) is 13.7. The van der Waals surface area contributed by atoms with Crippen molar-refractivity contribution in [3.63, 3.8) is 0 Å². The van der Waals surface area contributed by atoms with Gasteiger partial charge in [-0.05, 0) is 18.6 Å². The number of hydrogen-bond donors (Lipinski definition) is 1. The van der Waals surface area contributed by atoms with Crippen LogP contribution in [0.2, 0.25) is 5.02 Å². The van der Waals surface area contributed by atoms with E-state index in [1.54, 1.807) is 6.07 Å². The normalized spacial score (nSPS) is 12.7. The van der Waals surface area contributed by atoms with E-state index < -0.39 is 5.82 Å². The fourth-order valence-electron chi connectivity index (χ4n) is 1.38. The molecule has 0 saturated heterocycles. The third kappa shape index (κ3) is 2.81. The zero-order valence-corrected chi connectivity index (χ0v) is 12.5. The van der Waals surface area contributed by atoms with Crippen LogP contribution in [-0.2, 0) is 4.79 Å². The molecule has 1 amide bonds. The molecule has 0 unspecified atom stereocenters. The predicted molar refractivity (Wildman–Crippen MR) is 76.2 cm³/mol. The first-order valence-electron chi connectivity index (χ1n) is 5.21. The van der Waals surface area contributed by atoms with Gasteiger partial charge in [-0.2, -0.15) is 0 Å². The van der Waals surface area contributed by atoms with Crippen molar-refractivity contribution in [3.8, 4) is 0 Å². The van der Waals surface area contributed by atoms with Crippen molar-refractivity contribution in [1.29, 1.82) is 0 Å². The lowest BCUT2D eigenvalue weighted by atomic mass is 10.3. The molecule has 0 fully saturated rings. The highest BCUT2D eigenvalue weighted by Crippen LogP contribution is 2.30. The largest absolute Gasteiger partial charge is 0.301 e. The molecule has 1 N–H and O–H groups in total. The number of nitrogens with zero attached hydrogens (tertiary/aromatic N) is 1. The number of carbonyl (C=O) groups excluding carboxylic acids is 1. The number of amides is 1. The summed E-state index contributed by atoms with van der Waals surface area (Å²) in [5.74, 6) is -0.678. The number of carbonyl (C=O) groups is 1. The molecule has 1 atom stereocenters. The quantitative estimate of drug-likeness (QED) is 0.842. The summed E-state index contributed by atoms with van der Waals surface area (Å²) in [6.45, 7) is 1.89. The minimum absolute atomic E-state index is 0.192. The van der Waals surface area contributed by atoms with Gasteiger partial charge in [-0.1, -0.05) is 45.8 Å². The molecule has 7 heteroatoms. The van der Waals surface area contributed by atoms with E-state index in [1.807, 2.05) is 6.92 Å². The number of thiazole rings is 1. The van der Waals surface area contributed by atoms with Crippen LogP contribution in [0.3, 0.4) is 0 Å². The molecule has 0 aliphatic carbocycles. The summed E-state index contributed by atoms with van der Waals surface area (Å²) in [5.41, 5.74) is 0.224. The van der Waals surface area contributed by atoms with Crippen LogP contribution in [0.25, 0.3) is 10.2 Å². The van der Waals surface area contributed by atoms with E-state index in [2.05, 4.69) is 26.2 Å². The topological polar surface area (TPSA) is 42.0 Å². The van der Waals surface area contributed by atoms with Crippen LogP contribution in [0.1, 0.15) is 13.3 Å². The van der Waals surface area contributed by atoms with E-state index in [0.717, 1.165) is 0 Å². The number of rotatable bonds is 3. The summed E-state index contributed by atoms with van der Waals surface area (Å²) >= 11 is 10.2. The molecule has 1 heterocycles. The molecule has 18 heavy (non-hydrogen) atoms. The Balaban J connectivity index is 2.31. The van der Waals surface area contributed by atoms with Crippen LogP contribution in [0.15, 0.2) is 12.1 Å². The van der Waals surface area contributed by atoms with Crippen LogP contribution in [0, 0.1) is 5.82 Å². The molecule has 3 nitrogen and oxygen atoms in total. The van der Waals surface area contributed by atoms with Crippen LogP contribution in [-0.4, -0.2) is 15.7 Å². The molecule has 0 spiro atoms. The fourth-order valence-corrected chi connectivity index (χ4v) is 2.69. The Hall–Kier alpha value is -0.720. The second kappa shape index (κ2) is 5.50. The van der Waals surface area contributed by atoms with E-state index in [-0.39, 0.29) is 16.3 Å². The third-order valence-corrected chi connectivity index (χ3v) is 4.49. The van der Waals surface area contributed by atoms with E-state index in [9.17, 15) is 9.18 Å². The smallest absolute Gasteiger partial charge is 0.239 e. The van der Waals surface area contributed by atoms with Crippen LogP contribution < -0.4 is 5.32 Å². The van der Waals surface area contributed by atoms with Gasteiger partial charge in [-0.3, -0.25) is 4.79 Å². The predicted octanol–water partition coefficient (Wildman–Crippen LogP) is 4.20. The van der Waals surface area contributed by atoms with Gasteiger partial charge in [0.1, 0.15) is 5.52 Å². The van der Waals surface area contributed by atoms with Gasteiger partial charge in [0, 0.05) is 5.02 Å². The average molecular weight is 352 g/mol. The minimum Gasteiger partial charge on any atom is -0.301 e. The third-order valence-electron chi connectivity index (χ3n) is 2.29. The molecular weight excluding hydrogens is 343 g/mol. The molecule has 0 bridgehead atoms. The van der Waals surface area contributed by atoms with Crippen molar-refractivity contribution in [2.75, 3.05) is 5.32 Å². The molecule has 96 valence electrons. The lowest BCUT2D eigenvalue weighted by Gasteiger charge is -2.04. The number of alkyl halides is 1. The van der Waals surface area contributed by atoms with Crippen molar-refractivity contribution in [2.45, 2.75) is 18.2 Å². The van der Waals surface area contributed by atoms with E-state index in [4.69, 9.17) is 11.6 Å². The maximum Gasteiger partial charge on any atom is 0.239 e. The number of aromatic nitrogens is 1. The molecule has 2 aromatic rings. The lowest BCUT2D eigenvalue weighted by molar-refractivity contribution is -0.115. The van der Waals surface area contributed by atoms with E-state index >= 15 is 0 Å². The van der Waals surface area contributed by atoms with Crippen molar-refractivity contribution in [3.05, 3.63) is 23.0 Å². The number of fused-ring (bicyclic) bond motifs is 1. The number of nitrogens with one attached hydrogen (secondary N) is 1. The van der Waals surface area contributed by atoms with Crippen molar-refractivity contribution < 1.29 is 9.18 Å². The van der Waals surface area contributed by atoms with Crippen molar-refractivity contribution in [2.24, 2.45) is 0 Å². The standard InChI is InChI=1S/C11H9BrClFN2OS/c1-2-6(12)10(17)16-11-15-9-7(14)3-5(13)4-8(9)18-11/h3-4,6H,2H2,1H3,(H,15,16,17)/t6-/m1/s1. The van der Waals surface area contributed by atoms with Gasteiger partial charge in [-0.15, -0.1) is 0 Å². The summed E-state index contributed by atoms with van der Waals surface area (Å²) in [4.78, 5) is 15.4. The van der Waals surface area contributed by atoms with Gasteiger partial charge < -0.3 is 5.32 Å². The summed E-state index contributed by atoms with van der Waals surface area (Å²) < 4.78 is 14.2. The lowest BCUT2D eigenvalue weighted by Crippen LogP contribution is -2.21. The first-order chi connectivity index (χ1) is 8.51. The highest BCUT2D eigenvalue weighted by Gasteiger charge is 2.16. The summed E-state index contributed by atoms with van der Waals surface area (Å²) in [6, 6.07) is 2.83. The van der Waals surface area contributed by atoms with Gasteiger partial charge in [0.15, 0.2) is 10.9 Å². The number of anilines is 1. The van der Waals surface area contributed by atoms with E-state index in [0.29, 0.717) is 21.3 Å². The Morgan fingerprint density at radius 1 is 1.67 bits per heavy atom. The van der Waals surface area contributed by atoms with Gasteiger partial charge in [0.2, 0.25) is 5.91 Å². The number of hydrogen-bond acceptors (Lipinski definition) is 3. The Labute approximate surface area is 120 Å². The average Bonchev–Trinajstić information content (AvgIpc) is 2.70. The number of benzene rings is 1. The molecule has 0 radical (unpaired) electrons. The monoisotopic (exact) mass is 350 g/mol. The second-order valence-corrected chi connectivity index (χ2v) is 6.19. The Bertz CT molecular complexity index is 604. The minimum atomic E-state index is -0.486. The fraction of sp³-hybridized carbons (Fsp3) is 0.273. The van der Waals surface area contributed by atoms with Gasteiger partial charge in [0.05, 0.1) is 9.53 Å². The maximum absolute atomic E-state index is 13.6. The molecule has 1 aromatic carbocycles. The summed E-state index contributed by atoms with van der Waals surface area (Å²) in [7, 11) is 0. The molecule has 0 aliphatic heterocycles. The van der Waals surface area contributed by atoms with E-state index in [1.165, 1.54) is 17.4 Å². The van der Waals surface area contributed by atoms with Crippen LogP contribution in [0.4, 0.5) is 9.52 Å². The van der Waals surface area contributed by atoms with Crippen molar-refractivity contribution >= 4 is 60.1 Å². The molecule has 1 aromatic heterocycles. The first-order valence-corrected chi connectivity index (χ1v) is 7.32. The zero-order chi connectivity index (χ0) is 13.3. The SMILES string of the molecule is CC[C@@H](Br)C(=O)Nc1nc2c(F)cc(Cl)cc2s1. The Morgan fingerprint density at radius 3 is 3.06 bits per heavy atom.